The van der Waals surface area contributed by atoms with E-state index < -0.39 is 0 Å². The summed E-state index contributed by atoms with van der Waals surface area (Å²) >= 11 is 1.47. The predicted molar refractivity (Wildman–Crippen MR) is 123 cm³/mol. The Labute approximate surface area is 188 Å². The van der Waals surface area contributed by atoms with E-state index in [-0.39, 0.29) is 11.0 Å². The SMILES string of the molecule is Cc1ccc(Pc2cc(C)cc(C(C)(C)C)c2O)c(C[N-]C(C)(C)C)c1.[Cl][Ti+]. The van der Waals surface area contributed by atoms with Crippen molar-refractivity contribution in [3.63, 3.8) is 0 Å². The minimum absolute atomic E-state index is 0.0466. The Balaban J connectivity index is 0.00000190. The average Bonchev–Trinajstić information content (AvgIpc) is 2.58. The molecule has 5 heteroatoms. The monoisotopic (exact) mass is 453 g/mol. The van der Waals surface area contributed by atoms with Crippen LogP contribution in [0.4, 0.5) is 0 Å². The van der Waals surface area contributed by atoms with E-state index in [0.29, 0.717) is 20.9 Å². The Morgan fingerprint density at radius 2 is 1.54 bits per heavy atom. The van der Waals surface area contributed by atoms with Crippen molar-refractivity contribution < 1.29 is 24.5 Å². The molecule has 0 bridgehead atoms. The van der Waals surface area contributed by atoms with E-state index in [4.69, 9.17) is 5.32 Å². The molecule has 28 heavy (non-hydrogen) atoms. The summed E-state index contributed by atoms with van der Waals surface area (Å²) in [4.78, 5) is 0. The van der Waals surface area contributed by atoms with E-state index in [1.807, 2.05) is 0 Å². The number of phenols is 1. The van der Waals surface area contributed by atoms with Gasteiger partial charge in [0.25, 0.3) is 0 Å². The molecule has 1 N–H and O–H groups in total. The number of benzene rings is 2. The Morgan fingerprint density at radius 3 is 2.07 bits per heavy atom. The molecule has 2 rings (SSSR count). The second-order valence-corrected chi connectivity index (χ2v) is 10.6. The van der Waals surface area contributed by atoms with Crippen LogP contribution >= 0.6 is 17.9 Å². The van der Waals surface area contributed by atoms with E-state index in [2.05, 4.69) is 95.0 Å². The van der Waals surface area contributed by atoms with Gasteiger partial charge >= 0.3 is 28.7 Å². The van der Waals surface area contributed by atoms with Crippen LogP contribution in [-0.4, -0.2) is 10.6 Å². The van der Waals surface area contributed by atoms with Crippen molar-refractivity contribution in [2.75, 3.05) is 0 Å². The zero-order chi connectivity index (χ0) is 21.7. The Hall–Kier alpha value is -0.366. The zero-order valence-electron chi connectivity index (χ0n) is 18.4. The van der Waals surface area contributed by atoms with Crippen LogP contribution in [-0.2, 0) is 31.3 Å². The summed E-state index contributed by atoms with van der Waals surface area (Å²) in [5.74, 6) is 0.445. The molecule has 0 aromatic heterocycles. The number of halogens is 1. The molecular formula is C23H33ClNOPTi. The van der Waals surface area contributed by atoms with Gasteiger partial charge in [0.15, 0.2) is 0 Å². The third-order valence-corrected chi connectivity index (χ3v) is 5.72. The number of phenolic OH excluding ortho intramolecular Hbond substituents is 1. The number of rotatable bonds is 4. The minimum atomic E-state index is -0.0764. The van der Waals surface area contributed by atoms with Gasteiger partial charge in [0.05, 0.1) is 0 Å². The zero-order valence-corrected chi connectivity index (χ0v) is 21.7. The van der Waals surface area contributed by atoms with E-state index in [1.54, 1.807) is 0 Å². The first-order valence-corrected chi connectivity index (χ1v) is 12.6. The summed E-state index contributed by atoms with van der Waals surface area (Å²) in [5.41, 5.74) is 4.61. The summed E-state index contributed by atoms with van der Waals surface area (Å²) in [5, 5.41) is 18.0. The predicted octanol–water partition coefficient (Wildman–Crippen LogP) is 6.30. The summed E-state index contributed by atoms with van der Waals surface area (Å²) in [6.07, 6.45) is 0. The number of nitrogens with zero attached hydrogens (tertiary/aromatic N) is 1. The van der Waals surface area contributed by atoms with Gasteiger partial charge in [0, 0.05) is 10.9 Å². The van der Waals surface area contributed by atoms with Gasteiger partial charge in [0.2, 0.25) is 0 Å². The van der Waals surface area contributed by atoms with E-state index >= 15 is 0 Å². The van der Waals surface area contributed by atoms with Gasteiger partial charge in [-0.1, -0.05) is 85.5 Å². The summed E-state index contributed by atoms with van der Waals surface area (Å²) in [7, 11) is 5.06. The molecule has 0 spiro atoms. The molecule has 1 atom stereocenters. The van der Waals surface area contributed by atoms with Gasteiger partial charge in [-0.15, -0.1) is 12.1 Å². The molecule has 0 aliphatic heterocycles. The van der Waals surface area contributed by atoms with Gasteiger partial charge in [-0.05, 0) is 36.2 Å². The topological polar surface area (TPSA) is 34.3 Å². The Kier molecular flexibility index (Phi) is 9.72. The van der Waals surface area contributed by atoms with Crippen LogP contribution in [0.25, 0.3) is 5.32 Å². The maximum absolute atomic E-state index is 10.9. The molecule has 2 nitrogen and oxygen atoms in total. The Bertz CT molecular complexity index is 794. The molecule has 0 saturated carbocycles. The van der Waals surface area contributed by atoms with Crippen molar-refractivity contribution >= 4 is 28.5 Å². The van der Waals surface area contributed by atoms with Crippen LogP contribution in [0.3, 0.4) is 0 Å². The van der Waals surface area contributed by atoms with Gasteiger partial charge in [-0.2, -0.15) is 0 Å². The van der Waals surface area contributed by atoms with E-state index in [0.717, 1.165) is 10.9 Å². The second-order valence-electron chi connectivity index (χ2n) is 9.23. The molecule has 0 heterocycles. The van der Waals surface area contributed by atoms with Crippen molar-refractivity contribution in [1.82, 2.24) is 0 Å². The fraction of sp³-hybridized carbons (Fsp3) is 0.478. The third kappa shape index (κ3) is 7.81. The molecule has 2 aromatic rings. The average molecular weight is 454 g/mol. The molecule has 0 radical (unpaired) electrons. The molecule has 152 valence electrons. The van der Waals surface area contributed by atoms with Gasteiger partial charge in [-0.25, -0.2) is 0 Å². The first-order chi connectivity index (χ1) is 12.9. The van der Waals surface area contributed by atoms with Crippen molar-refractivity contribution in [3.8, 4) is 5.75 Å². The number of hydrogen-bond donors (Lipinski definition) is 1. The van der Waals surface area contributed by atoms with Crippen LogP contribution < -0.4 is 10.6 Å². The van der Waals surface area contributed by atoms with Crippen molar-refractivity contribution in [2.45, 2.75) is 72.9 Å². The van der Waals surface area contributed by atoms with Gasteiger partial charge in [-0.3, -0.25) is 0 Å². The molecule has 1 unspecified atom stereocenters. The fourth-order valence-corrected chi connectivity index (χ4v) is 4.21. The number of aryl methyl sites for hydroxylation is 2. The second kappa shape index (κ2) is 10.6. The van der Waals surface area contributed by atoms with Gasteiger partial charge in [0.1, 0.15) is 5.75 Å². The molecule has 0 saturated heterocycles. The molecule has 2 aromatic carbocycles. The van der Waals surface area contributed by atoms with Crippen LogP contribution in [0.5, 0.6) is 5.75 Å². The van der Waals surface area contributed by atoms with E-state index in [1.165, 1.54) is 41.4 Å². The quantitative estimate of drug-likeness (QED) is 0.428. The molecular weight excluding hydrogens is 421 g/mol. The maximum atomic E-state index is 10.9. The van der Waals surface area contributed by atoms with Gasteiger partial charge < -0.3 is 10.4 Å². The summed E-state index contributed by atoms with van der Waals surface area (Å²) < 4.78 is 0. The normalized spacial score (nSPS) is 12.1. The summed E-state index contributed by atoms with van der Waals surface area (Å²) in [6.45, 7) is 17.8. The molecule has 0 aliphatic carbocycles. The van der Waals surface area contributed by atoms with Crippen LogP contribution in [0.15, 0.2) is 30.3 Å². The van der Waals surface area contributed by atoms with Crippen molar-refractivity contribution in [1.29, 1.82) is 0 Å². The number of hydrogen-bond acceptors (Lipinski definition) is 1. The summed E-state index contributed by atoms with van der Waals surface area (Å²) in [6, 6.07) is 10.8. The third-order valence-electron chi connectivity index (χ3n) is 4.32. The first-order valence-electron chi connectivity index (χ1n) is 9.45. The van der Waals surface area contributed by atoms with Crippen LogP contribution in [0.1, 0.15) is 63.8 Å². The standard InChI is InChI=1S/C23H33NOP.ClH.Ti/c1-15-9-10-19(17(11-15)14-24-23(6,7)8)26-20-13-16(2)12-18(21(20)25)22(3,4)5;;/h9-13,25-26H,14H2,1-8H3;1H;/q-1;;+2/p-1. The first kappa shape index (κ1) is 25.7. The fourth-order valence-electron chi connectivity index (χ4n) is 2.89. The molecule has 0 amide bonds. The number of aromatic hydroxyl groups is 1. The van der Waals surface area contributed by atoms with Crippen molar-refractivity contribution in [2.24, 2.45) is 0 Å². The molecule has 0 aliphatic rings. The van der Waals surface area contributed by atoms with Crippen LogP contribution in [0, 0.1) is 13.8 Å². The van der Waals surface area contributed by atoms with Crippen molar-refractivity contribution in [3.05, 3.63) is 57.9 Å². The van der Waals surface area contributed by atoms with Crippen LogP contribution in [0.2, 0.25) is 0 Å². The Morgan fingerprint density at radius 1 is 0.929 bits per heavy atom. The van der Waals surface area contributed by atoms with E-state index in [9.17, 15) is 5.11 Å². The molecule has 0 fully saturated rings.